The highest BCUT2D eigenvalue weighted by molar-refractivity contribution is 5.88. The van der Waals surface area contributed by atoms with Crippen LogP contribution in [0.5, 0.6) is 0 Å². The molecule has 1 N–H and O–H groups in total. The minimum Gasteiger partial charge on any atom is -0.469 e. The third-order valence-corrected chi connectivity index (χ3v) is 6.84. The summed E-state index contributed by atoms with van der Waals surface area (Å²) in [6.07, 6.45) is 3.39. The molecule has 3 aliphatic heterocycles. The summed E-state index contributed by atoms with van der Waals surface area (Å²) in [6, 6.07) is 8.37. The lowest BCUT2D eigenvalue weighted by molar-refractivity contribution is -0.143. The molecule has 0 radical (unpaired) electrons. The molecule has 5 heteroatoms. The van der Waals surface area contributed by atoms with Gasteiger partial charge in [0.1, 0.15) is 0 Å². The van der Waals surface area contributed by atoms with Crippen LogP contribution in [0.3, 0.4) is 0 Å². The molecule has 2 bridgehead atoms. The van der Waals surface area contributed by atoms with Crippen molar-refractivity contribution in [2.75, 3.05) is 26.7 Å². The van der Waals surface area contributed by atoms with Gasteiger partial charge in [-0.3, -0.25) is 9.69 Å². The monoisotopic (exact) mass is 354 g/mol. The van der Waals surface area contributed by atoms with Crippen LogP contribution in [0.1, 0.15) is 36.9 Å². The van der Waals surface area contributed by atoms with Gasteiger partial charge in [0.2, 0.25) is 0 Å². The van der Waals surface area contributed by atoms with Gasteiger partial charge in [-0.05, 0) is 30.9 Å². The van der Waals surface area contributed by atoms with E-state index in [2.05, 4.69) is 35.0 Å². The van der Waals surface area contributed by atoms with Gasteiger partial charge >= 0.3 is 5.97 Å². The summed E-state index contributed by atoms with van der Waals surface area (Å²) < 4.78 is 11.3. The van der Waals surface area contributed by atoms with Crippen LogP contribution in [0, 0.1) is 5.41 Å². The Morgan fingerprint density at radius 1 is 1.42 bits per heavy atom. The number of methoxy groups -OCH3 is 1. The number of aromatic nitrogens is 1. The van der Waals surface area contributed by atoms with E-state index in [4.69, 9.17) is 9.47 Å². The number of esters is 1. The average molecular weight is 354 g/mol. The Kier molecular flexibility index (Phi) is 3.66. The lowest BCUT2D eigenvalue weighted by atomic mass is 9.70. The number of carbonyl (C=O) groups is 1. The zero-order valence-electron chi connectivity index (χ0n) is 15.5. The van der Waals surface area contributed by atoms with Crippen molar-refractivity contribution in [3.63, 3.8) is 0 Å². The van der Waals surface area contributed by atoms with Crippen molar-refractivity contribution in [1.29, 1.82) is 0 Å². The first-order chi connectivity index (χ1) is 12.6. The second-order valence-corrected chi connectivity index (χ2v) is 8.14. The molecule has 5 nitrogen and oxygen atoms in total. The molecule has 1 unspecified atom stereocenters. The van der Waals surface area contributed by atoms with E-state index in [1.54, 1.807) is 0 Å². The highest BCUT2D eigenvalue weighted by Crippen LogP contribution is 2.52. The van der Waals surface area contributed by atoms with Gasteiger partial charge in [-0.25, -0.2) is 0 Å². The Balaban J connectivity index is 1.67. The van der Waals surface area contributed by atoms with Gasteiger partial charge in [-0.2, -0.15) is 0 Å². The number of nitrogens with zero attached hydrogens (tertiary/aromatic N) is 1. The Morgan fingerprint density at radius 3 is 3.08 bits per heavy atom. The molecule has 0 spiro atoms. The Hall–Kier alpha value is -1.85. The van der Waals surface area contributed by atoms with Gasteiger partial charge in [0.05, 0.1) is 25.2 Å². The second-order valence-electron chi connectivity index (χ2n) is 8.14. The number of benzene rings is 1. The lowest BCUT2D eigenvalue weighted by Crippen LogP contribution is -2.49. The summed E-state index contributed by atoms with van der Waals surface area (Å²) >= 11 is 0. The van der Waals surface area contributed by atoms with Crippen LogP contribution in [0.25, 0.3) is 10.9 Å². The largest absolute Gasteiger partial charge is 0.469 e. The number of para-hydroxylation sites is 1. The third kappa shape index (κ3) is 2.33. The topological polar surface area (TPSA) is 57.9 Å². The van der Waals surface area contributed by atoms with Crippen LogP contribution < -0.4 is 0 Å². The van der Waals surface area contributed by atoms with E-state index in [1.165, 1.54) is 18.1 Å². The summed E-state index contributed by atoms with van der Waals surface area (Å²) in [6.45, 7) is 5.28. The predicted octanol–water partition coefficient (Wildman–Crippen LogP) is 2.85. The van der Waals surface area contributed by atoms with E-state index in [9.17, 15) is 4.79 Å². The van der Waals surface area contributed by atoms with E-state index in [1.807, 2.05) is 6.07 Å². The van der Waals surface area contributed by atoms with E-state index in [0.717, 1.165) is 50.1 Å². The van der Waals surface area contributed by atoms with Crippen molar-refractivity contribution in [1.82, 2.24) is 9.88 Å². The van der Waals surface area contributed by atoms with Crippen LogP contribution in [-0.4, -0.2) is 54.8 Å². The minimum atomic E-state index is -0.259. The van der Waals surface area contributed by atoms with Crippen LogP contribution in [-0.2, 0) is 20.7 Å². The Labute approximate surface area is 153 Å². The number of rotatable bonds is 2. The van der Waals surface area contributed by atoms with Gasteiger partial charge in [-0.15, -0.1) is 0 Å². The van der Waals surface area contributed by atoms with Crippen molar-refractivity contribution in [2.24, 2.45) is 5.41 Å². The van der Waals surface area contributed by atoms with E-state index in [-0.39, 0.29) is 17.3 Å². The van der Waals surface area contributed by atoms with E-state index in [0.29, 0.717) is 12.2 Å². The quantitative estimate of drug-likeness (QED) is 0.666. The SMILES string of the molecule is CC[C@@]12C[C@H](C(=O)OC)c3[nH]c4ccccc4c3CCN(C[C@@H]3O[C@@H]31)C2. The molecule has 2 fully saturated rings. The van der Waals surface area contributed by atoms with Crippen molar-refractivity contribution in [3.05, 3.63) is 35.5 Å². The fourth-order valence-corrected chi connectivity index (χ4v) is 5.39. The zero-order valence-corrected chi connectivity index (χ0v) is 15.5. The molecule has 0 saturated carbocycles. The molecule has 3 aliphatic rings. The fourth-order valence-electron chi connectivity index (χ4n) is 5.39. The molecular weight excluding hydrogens is 328 g/mol. The number of hydrogen-bond acceptors (Lipinski definition) is 4. The van der Waals surface area contributed by atoms with Crippen molar-refractivity contribution < 1.29 is 14.3 Å². The second kappa shape index (κ2) is 5.83. The van der Waals surface area contributed by atoms with Gasteiger partial charge in [0, 0.05) is 41.6 Å². The van der Waals surface area contributed by atoms with Crippen LogP contribution in [0.2, 0.25) is 0 Å². The zero-order chi connectivity index (χ0) is 17.9. The molecule has 0 amide bonds. The number of nitrogens with one attached hydrogen (secondary N) is 1. The first kappa shape index (κ1) is 16.3. The maximum absolute atomic E-state index is 12.8. The minimum absolute atomic E-state index is 0.0285. The summed E-state index contributed by atoms with van der Waals surface area (Å²) in [5.74, 6) is -0.396. The van der Waals surface area contributed by atoms with Gasteiger partial charge in [0.25, 0.3) is 0 Å². The molecule has 2 saturated heterocycles. The number of epoxide rings is 1. The summed E-state index contributed by atoms with van der Waals surface area (Å²) in [4.78, 5) is 18.9. The van der Waals surface area contributed by atoms with Crippen LogP contribution >= 0.6 is 0 Å². The molecule has 2 aromatic rings. The highest BCUT2D eigenvalue weighted by atomic mass is 16.6. The maximum Gasteiger partial charge on any atom is 0.314 e. The first-order valence-electron chi connectivity index (χ1n) is 9.70. The molecule has 5 atom stereocenters. The Morgan fingerprint density at radius 2 is 2.27 bits per heavy atom. The molecule has 0 aliphatic carbocycles. The number of fused-ring (bicyclic) bond motifs is 7. The van der Waals surface area contributed by atoms with Crippen molar-refractivity contribution in [3.8, 4) is 0 Å². The van der Waals surface area contributed by atoms with E-state index >= 15 is 0 Å². The summed E-state index contributed by atoms with van der Waals surface area (Å²) in [5.41, 5.74) is 3.47. The predicted molar refractivity (Wildman–Crippen MR) is 99.2 cm³/mol. The third-order valence-electron chi connectivity index (χ3n) is 6.84. The number of carbonyl (C=O) groups excluding carboxylic acids is 1. The highest BCUT2D eigenvalue weighted by Gasteiger charge is 2.59. The van der Waals surface area contributed by atoms with E-state index < -0.39 is 0 Å². The number of aromatic amines is 1. The standard InChI is InChI=1S/C21H26N2O3/c1-3-21-10-15(20(24)25-2)18-14(13-6-4-5-7-16(13)22-18)8-9-23(12-21)11-17-19(21)26-17/h4-7,15,17,19,22H,3,8-12H2,1-2H3/t15-,17-,19-,21-/m0/s1. The summed E-state index contributed by atoms with van der Waals surface area (Å²) in [7, 11) is 1.50. The Bertz CT molecular complexity index is 860. The molecule has 138 valence electrons. The molecule has 4 heterocycles. The molecule has 5 rings (SSSR count). The smallest absolute Gasteiger partial charge is 0.314 e. The number of ether oxygens (including phenoxy) is 2. The molecule has 26 heavy (non-hydrogen) atoms. The number of piperidine rings is 1. The molecule has 1 aromatic carbocycles. The normalized spacial score (nSPS) is 35.6. The number of H-pyrrole nitrogens is 1. The first-order valence-corrected chi connectivity index (χ1v) is 9.70. The van der Waals surface area contributed by atoms with Crippen LogP contribution in [0.15, 0.2) is 24.3 Å². The summed E-state index contributed by atoms with van der Waals surface area (Å²) in [5, 5.41) is 1.24. The van der Waals surface area contributed by atoms with Gasteiger partial charge < -0.3 is 14.5 Å². The molecule has 1 aromatic heterocycles. The average Bonchev–Trinajstić information content (AvgIpc) is 3.36. The van der Waals surface area contributed by atoms with Gasteiger partial charge in [0.15, 0.2) is 0 Å². The van der Waals surface area contributed by atoms with Gasteiger partial charge in [-0.1, -0.05) is 25.1 Å². The maximum atomic E-state index is 12.8. The number of hydrogen-bond donors (Lipinski definition) is 1. The fraction of sp³-hybridized carbons (Fsp3) is 0.571. The van der Waals surface area contributed by atoms with Crippen molar-refractivity contribution >= 4 is 16.9 Å². The lowest BCUT2D eigenvalue weighted by Gasteiger charge is -2.40. The van der Waals surface area contributed by atoms with Crippen LogP contribution in [0.4, 0.5) is 0 Å². The molecular formula is C21H26N2O3. The van der Waals surface area contributed by atoms with Crippen molar-refractivity contribution in [2.45, 2.75) is 44.3 Å².